The van der Waals surface area contributed by atoms with Gasteiger partial charge in [-0.15, -0.1) is 11.8 Å². The molecule has 1 unspecified atom stereocenters. The molecule has 0 saturated carbocycles. The Kier molecular flexibility index (Phi) is 4.28. The molecule has 0 aromatic rings. The van der Waals surface area contributed by atoms with Crippen molar-refractivity contribution in [1.82, 2.24) is 5.32 Å². The van der Waals surface area contributed by atoms with Crippen molar-refractivity contribution in [3.8, 4) is 0 Å². The zero-order valence-corrected chi connectivity index (χ0v) is 8.65. The van der Waals surface area contributed by atoms with E-state index in [1.807, 2.05) is 0 Å². The maximum atomic E-state index is 11.4. The van der Waals surface area contributed by atoms with Gasteiger partial charge in [-0.3, -0.25) is 9.59 Å². The highest BCUT2D eigenvalue weighted by Crippen LogP contribution is 2.19. The molecule has 13 heavy (non-hydrogen) atoms. The van der Waals surface area contributed by atoms with Gasteiger partial charge >= 0.3 is 0 Å². The summed E-state index contributed by atoms with van der Waals surface area (Å²) < 4.78 is 0. The molecule has 1 atom stereocenters. The normalized spacial score (nSPS) is 23.5. The number of nitrogens with one attached hydrogen (secondary N) is 1. The number of rotatable bonds is 3. The maximum Gasteiger partial charge on any atom is 0.233 e. The van der Waals surface area contributed by atoms with Crippen molar-refractivity contribution in [3.05, 3.63) is 0 Å². The van der Waals surface area contributed by atoms with E-state index in [1.165, 1.54) is 11.8 Å². The molecule has 0 aliphatic carbocycles. The Bertz CT molecular complexity index is 206. The Morgan fingerprint density at radius 3 is 3.08 bits per heavy atom. The third-order valence-electron chi connectivity index (χ3n) is 1.97. The van der Waals surface area contributed by atoms with Gasteiger partial charge in [0.2, 0.25) is 5.91 Å². The van der Waals surface area contributed by atoms with E-state index in [0.717, 1.165) is 25.8 Å². The lowest BCUT2D eigenvalue weighted by Crippen LogP contribution is -2.31. The van der Waals surface area contributed by atoms with Gasteiger partial charge in [0.15, 0.2) is 0 Å². The predicted octanol–water partition coefficient (Wildman–Crippen LogP) is 0.977. The number of carbonyl (C=O) groups excluding carboxylic acids is 2. The summed E-state index contributed by atoms with van der Waals surface area (Å²) in [6.45, 7) is 2.34. The smallest absolute Gasteiger partial charge is 0.233 e. The lowest BCUT2D eigenvalue weighted by molar-refractivity contribution is -0.120. The van der Waals surface area contributed by atoms with E-state index in [-0.39, 0.29) is 16.9 Å². The first-order valence-electron chi connectivity index (χ1n) is 4.59. The first-order valence-corrected chi connectivity index (χ1v) is 5.64. The fourth-order valence-corrected chi connectivity index (χ4v) is 2.29. The molecule has 0 spiro atoms. The number of thioether (sulfide) groups is 1. The zero-order chi connectivity index (χ0) is 9.68. The molecule has 0 aromatic carbocycles. The van der Waals surface area contributed by atoms with Gasteiger partial charge < -0.3 is 5.32 Å². The van der Waals surface area contributed by atoms with Crippen LogP contribution in [0.1, 0.15) is 26.2 Å². The number of amides is 1. The molecule has 1 heterocycles. The molecule has 1 saturated heterocycles. The topological polar surface area (TPSA) is 46.2 Å². The molecule has 3 nitrogen and oxygen atoms in total. The van der Waals surface area contributed by atoms with Crippen LogP contribution < -0.4 is 5.32 Å². The molecule has 1 rings (SSSR count). The molecule has 0 radical (unpaired) electrons. The summed E-state index contributed by atoms with van der Waals surface area (Å²) in [5.41, 5.74) is 0. The van der Waals surface area contributed by atoms with Crippen molar-refractivity contribution < 1.29 is 9.59 Å². The molecule has 4 heteroatoms. The molecule has 1 aliphatic rings. The van der Waals surface area contributed by atoms with Gasteiger partial charge in [-0.2, -0.15) is 0 Å². The highest BCUT2D eigenvalue weighted by Gasteiger charge is 2.20. The number of Topliss-reactive ketones (excluding diaryl/α,β-unsaturated/α-hetero) is 1. The van der Waals surface area contributed by atoms with Gasteiger partial charge in [0, 0.05) is 6.54 Å². The van der Waals surface area contributed by atoms with Crippen LogP contribution in [0, 0.1) is 0 Å². The molecule has 74 valence electrons. The summed E-state index contributed by atoms with van der Waals surface area (Å²) in [6, 6.07) is 0. The van der Waals surface area contributed by atoms with Crippen LogP contribution >= 0.6 is 11.8 Å². The molecule has 1 amide bonds. The maximum absolute atomic E-state index is 11.4. The van der Waals surface area contributed by atoms with Crippen LogP contribution in [0.2, 0.25) is 0 Å². The van der Waals surface area contributed by atoms with Gasteiger partial charge in [-0.1, -0.05) is 6.42 Å². The van der Waals surface area contributed by atoms with Crippen molar-refractivity contribution in [1.29, 1.82) is 0 Å². The number of hydrogen-bond acceptors (Lipinski definition) is 3. The van der Waals surface area contributed by atoms with Gasteiger partial charge in [-0.05, 0) is 19.8 Å². The average Bonchev–Trinajstić information content (AvgIpc) is 2.27. The van der Waals surface area contributed by atoms with E-state index in [2.05, 4.69) is 5.32 Å². The Morgan fingerprint density at radius 1 is 1.62 bits per heavy atom. The Morgan fingerprint density at radius 2 is 2.38 bits per heavy atom. The van der Waals surface area contributed by atoms with Crippen LogP contribution in [0.3, 0.4) is 0 Å². The van der Waals surface area contributed by atoms with Crippen LogP contribution in [-0.4, -0.2) is 29.2 Å². The minimum atomic E-state index is -0.00796. The van der Waals surface area contributed by atoms with Crippen molar-refractivity contribution >= 4 is 23.5 Å². The lowest BCUT2D eigenvalue weighted by atomic mass is 10.2. The predicted molar refractivity (Wildman–Crippen MR) is 53.8 cm³/mol. The second-order valence-corrected chi connectivity index (χ2v) is 4.48. The summed E-state index contributed by atoms with van der Waals surface area (Å²) in [6.07, 6.45) is 3.04. The summed E-state index contributed by atoms with van der Waals surface area (Å²) in [5, 5.41) is 2.84. The molecular weight excluding hydrogens is 186 g/mol. The number of carbonyl (C=O) groups is 2. The van der Waals surface area contributed by atoms with Crippen molar-refractivity contribution in [2.45, 2.75) is 31.4 Å². The van der Waals surface area contributed by atoms with E-state index < -0.39 is 0 Å². The fourth-order valence-electron chi connectivity index (χ4n) is 1.29. The first-order chi connectivity index (χ1) is 6.20. The van der Waals surface area contributed by atoms with Crippen LogP contribution in [0.25, 0.3) is 0 Å². The molecule has 1 fully saturated rings. The van der Waals surface area contributed by atoms with Crippen LogP contribution in [0.5, 0.6) is 0 Å². The standard InChI is InChI=1S/C9H15NO2S/c1-7(11)6-13-8-4-2-3-5-10-9(8)12/h8H,2-6H2,1H3,(H,10,12). The van der Waals surface area contributed by atoms with E-state index >= 15 is 0 Å². The zero-order valence-electron chi connectivity index (χ0n) is 7.84. The largest absolute Gasteiger partial charge is 0.355 e. The Labute approximate surface area is 82.6 Å². The summed E-state index contributed by atoms with van der Waals surface area (Å²) >= 11 is 1.47. The van der Waals surface area contributed by atoms with Gasteiger partial charge in [0.25, 0.3) is 0 Å². The van der Waals surface area contributed by atoms with Crippen LogP contribution in [0.15, 0.2) is 0 Å². The third kappa shape index (κ3) is 3.81. The van der Waals surface area contributed by atoms with Gasteiger partial charge in [0.1, 0.15) is 5.78 Å². The molecular formula is C9H15NO2S. The summed E-state index contributed by atoms with van der Waals surface area (Å²) in [4.78, 5) is 22.1. The first kappa shape index (κ1) is 10.6. The highest BCUT2D eigenvalue weighted by atomic mass is 32.2. The minimum absolute atomic E-state index is 0.00796. The third-order valence-corrected chi connectivity index (χ3v) is 3.40. The highest BCUT2D eigenvalue weighted by molar-refractivity contribution is 8.01. The van der Waals surface area contributed by atoms with E-state index in [0.29, 0.717) is 5.75 Å². The average molecular weight is 201 g/mol. The molecule has 1 aliphatic heterocycles. The number of ketones is 1. The van der Waals surface area contributed by atoms with Crippen molar-refractivity contribution in [2.75, 3.05) is 12.3 Å². The van der Waals surface area contributed by atoms with E-state index in [1.54, 1.807) is 6.92 Å². The van der Waals surface area contributed by atoms with Crippen LogP contribution in [-0.2, 0) is 9.59 Å². The second-order valence-electron chi connectivity index (χ2n) is 3.29. The van der Waals surface area contributed by atoms with Crippen LogP contribution in [0.4, 0.5) is 0 Å². The van der Waals surface area contributed by atoms with E-state index in [9.17, 15) is 9.59 Å². The van der Waals surface area contributed by atoms with Crippen molar-refractivity contribution in [2.24, 2.45) is 0 Å². The summed E-state index contributed by atoms with van der Waals surface area (Å²) in [5.74, 6) is 0.698. The minimum Gasteiger partial charge on any atom is -0.355 e. The quantitative estimate of drug-likeness (QED) is 0.740. The summed E-state index contributed by atoms with van der Waals surface area (Å²) in [7, 11) is 0. The molecule has 1 N–H and O–H groups in total. The van der Waals surface area contributed by atoms with Crippen molar-refractivity contribution in [3.63, 3.8) is 0 Å². The SMILES string of the molecule is CC(=O)CSC1CCCCNC1=O. The Hall–Kier alpha value is -0.510. The monoisotopic (exact) mass is 201 g/mol. The molecule has 0 aromatic heterocycles. The van der Waals surface area contributed by atoms with E-state index in [4.69, 9.17) is 0 Å². The Balaban J connectivity index is 2.36. The van der Waals surface area contributed by atoms with Gasteiger partial charge in [-0.25, -0.2) is 0 Å². The number of hydrogen-bond donors (Lipinski definition) is 1. The lowest BCUT2D eigenvalue weighted by Gasteiger charge is -2.10. The molecule has 0 bridgehead atoms. The second kappa shape index (κ2) is 5.27. The fraction of sp³-hybridized carbons (Fsp3) is 0.778. The van der Waals surface area contributed by atoms with Gasteiger partial charge in [0.05, 0.1) is 11.0 Å².